The summed E-state index contributed by atoms with van der Waals surface area (Å²) in [5.41, 5.74) is 2.56. The molecule has 1 saturated heterocycles. The highest BCUT2D eigenvalue weighted by Crippen LogP contribution is 2.16. The minimum absolute atomic E-state index is 0.0687. The topological polar surface area (TPSA) is 30.3 Å². The predicted octanol–water partition coefficient (Wildman–Crippen LogP) is 4.49. The molecule has 0 bridgehead atoms. The molecule has 26 heavy (non-hydrogen) atoms. The van der Waals surface area contributed by atoms with Crippen LogP contribution in [0, 0.1) is 17.2 Å². The number of halogens is 2. The zero-order chi connectivity index (χ0) is 18.4. The van der Waals surface area contributed by atoms with Gasteiger partial charge in [-0.05, 0) is 48.2 Å². The zero-order valence-corrected chi connectivity index (χ0v) is 16.3. The van der Waals surface area contributed by atoms with Crippen LogP contribution in [0.2, 0.25) is 10.0 Å². The van der Waals surface area contributed by atoms with Crippen molar-refractivity contribution in [3.63, 3.8) is 0 Å². The van der Waals surface area contributed by atoms with Crippen molar-refractivity contribution in [2.75, 3.05) is 32.8 Å². The van der Waals surface area contributed by atoms with Crippen molar-refractivity contribution in [3.05, 3.63) is 69.7 Å². The molecule has 136 valence electrons. The second kappa shape index (κ2) is 9.39. The van der Waals surface area contributed by atoms with Crippen LogP contribution in [0.5, 0.6) is 0 Å². The van der Waals surface area contributed by atoms with Gasteiger partial charge < -0.3 is 0 Å². The number of nitriles is 1. The van der Waals surface area contributed by atoms with Gasteiger partial charge in [-0.15, -0.1) is 0 Å². The van der Waals surface area contributed by atoms with Crippen molar-refractivity contribution in [2.45, 2.75) is 12.8 Å². The summed E-state index contributed by atoms with van der Waals surface area (Å²) in [6.07, 6.45) is 1.95. The van der Waals surface area contributed by atoms with Gasteiger partial charge in [-0.25, -0.2) is 0 Å². The largest absolute Gasteiger partial charge is 0.289 e. The van der Waals surface area contributed by atoms with Gasteiger partial charge in [0, 0.05) is 36.2 Å². The van der Waals surface area contributed by atoms with Crippen molar-refractivity contribution in [1.82, 2.24) is 9.80 Å². The summed E-state index contributed by atoms with van der Waals surface area (Å²) < 4.78 is 0. The first-order valence-corrected chi connectivity index (χ1v) is 9.71. The molecule has 1 heterocycles. The Morgan fingerprint density at radius 2 is 1.23 bits per heavy atom. The summed E-state index contributed by atoms with van der Waals surface area (Å²) in [6, 6.07) is 18.5. The Morgan fingerprint density at radius 3 is 1.62 bits per heavy atom. The highest BCUT2D eigenvalue weighted by atomic mass is 35.5. The molecular weight excluding hydrogens is 365 g/mol. The third-order valence-corrected chi connectivity index (χ3v) is 5.30. The van der Waals surface area contributed by atoms with E-state index in [0.29, 0.717) is 0 Å². The Hall–Kier alpha value is -1.57. The molecule has 0 aliphatic carbocycles. The first-order valence-electron chi connectivity index (χ1n) is 8.95. The van der Waals surface area contributed by atoms with Crippen molar-refractivity contribution in [2.24, 2.45) is 5.92 Å². The van der Waals surface area contributed by atoms with Gasteiger partial charge in [0.05, 0.1) is 18.7 Å². The van der Waals surface area contributed by atoms with Gasteiger partial charge in [0.25, 0.3) is 0 Å². The van der Waals surface area contributed by atoms with E-state index in [9.17, 15) is 5.26 Å². The standard InChI is InChI=1S/C21H23Cl2N3/c22-20-5-1-17(2-6-20)9-11-25-14-19(13-24)15-26(16-25)12-10-18-3-7-21(23)8-4-18/h1-8,19H,9-12,14-16H2. The molecule has 3 nitrogen and oxygen atoms in total. The fraction of sp³-hybridized carbons (Fsp3) is 0.381. The lowest BCUT2D eigenvalue weighted by Gasteiger charge is -2.38. The molecule has 0 radical (unpaired) electrons. The Labute approximate surface area is 165 Å². The summed E-state index contributed by atoms with van der Waals surface area (Å²) in [7, 11) is 0. The minimum Gasteiger partial charge on any atom is -0.289 e. The summed E-state index contributed by atoms with van der Waals surface area (Å²) >= 11 is 11.9. The zero-order valence-electron chi connectivity index (χ0n) is 14.7. The van der Waals surface area contributed by atoms with Gasteiger partial charge in [-0.1, -0.05) is 47.5 Å². The van der Waals surface area contributed by atoms with E-state index in [-0.39, 0.29) is 5.92 Å². The van der Waals surface area contributed by atoms with Crippen LogP contribution >= 0.6 is 23.2 Å². The second-order valence-electron chi connectivity index (χ2n) is 6.87. The molecule has 0 atom stereocenters. The number of nitrogens with zero attached hydrogens (tertiary/aromatic N) is 3. The summed E-state index contributed by atoms with van der Waals surface area (Å²) in [4.78, 5) is 4.77. The molecule has 1 fully saturated rings. The van der Waals surface area contributed by atoms with Crippen LogP contribution in [0.3, 0.4) is 0 Å². The van der Waals surface area contributed by atoms with Gasteiger partial charge in [-0.3, -0.25) is 9.80 Å². The second-order valence-corrected chi connectivity index (χ2v) is 7.75. The molecule has 1 aliphatic rings. The molecule has 2 aromatic carbocycles. The molecule has 0 aromatic heterocycles. The predicted molar refractivity (Wildman–Crippen MR) is 107 cm³/mol. The minimum atomic E-state index is 0.0687. The number of benzene rings is 2. The van der Waals surface area contributed by atoms with Crippen LogP contribution in [0.25, 0.3) is 0 Å². The van der Waals surface area contributed by atoms with E-state index in [1.54, 1.807) is 0 Å². The lowest BCUT2D eigenvalue weighted by molar-refractivity contribution is 0.0662. The van der Waals surface area contributed by atoms with Crippen LogP contribution < -0.4 is 0 Å². The normalized spacial score (nSPS) is 16.5. The molecule has 0 saturated carbocycles. The van der Waals surface area contributed by atoms with Crippen LogP contribution in [0.1, 0.15) is 11.1 Å². The maximum absolute atomic E-state index is 9.43. The summed E-state index contributed by atoms with van der Waals surface area (Å²) in [5.74, 6) is 0.0687. The first kappa shape index (κ1) is 19.2. The fourth-order valence-electron chi connectivity index (χ4n) is 3.36. The smallest absolute Gasteiger partial charge is 0.0718 e. The van der Waals surface area contributed by atoms with E-state index in [0.717, 1.165) is 55.7 Å². The molecule has 2 aromatic rings. The third-order valence-electron chi connectivity index (χ3n) is 4.80. The first-order chi connectivity index (χ1) is 12.6. The van der Waals surface area contributed by atoms with E-state index in [1.165, 1.54) is 11.1 Å². The number of rotatable bonds is 6. The lowest BCUT2D eigenvalue weighted by atomic mass is 10.1. The highest BCUT2D eigenvalue weighted by Gasteiger charge is 2.24. The molecule has 1 aliphatic heterocycles. The number of hydrogen-bond donors (Lipinski definition) is 0. The van der Waals surface area contributed by atoms with Crippen molar-refractivity contribution in [1.29, 1.82) is 5.26 Å². The Kier molecular flexibility index (Phi) is 6.93. The van der Waals surface area contributed by atoms with Crippen LogP contribution in [0.15, 0.2) is 48.5 Å². The monoisotopic (exact) mass is 387 g/mol. The molecule has 0 amide bonds. The Morgan fingerprint density at radius 1 is 0.808 bits per heavy atom. The van der Waals surface area contributed by atoms with Gasteiger partial charge in [0.1, 0.15) is 0 Å². The van der Waals surface area contributed by atoms with Gasteiger partial charge in [-0.2, -0.15) is 5.26 Å². The number of hydrogen-bond acceptors (Lipinski definition) is 3. The van der Waals surface area contributed by atoms with Crippen molar-refractivity contribution in [3.8, 4) is 6.07 Å². The molecule has 0 unspecified atom stereocenters. The van der Waals surface area contributed by atoms with Gasteiger partial charge >= 0.3 is 0 Å². The molecule has 3 rings (SSSR count). The average Bonchev–Trinajstić information content (AvgIpc) is 2.67. The van der Waals surface area contributed by atoms with Crippen LogP contribution in [-0.2, 0) is 12.8 Å². The van der Waals surface area contributed by atoms with E-state index in [1.807, 2.05) is 24.3 Å². The van der Waals surface area contributed by atoms with Crippen LogP contribution in [0.4, 0.5) is 0 Å². The molecular formula is C21H23Cl2N3. The summed E-state index contributed by atoms with van der Waals surface area (Å²) in [6.45, 7) is 4.52. The third kappa shape index (κ3) is 5.72. The average molecular weight is 388 g/mol. The van der Waals surface area contributed by atoms with Crippen LogP contribution in [-0.4, -0.2) is 42.6 Å². The Bertz CT molecular complexity index is 680. The quantitative estimate of drug-likeness (QED) is 0.730. The van der Waals surface area contributed by atoms with E-state index < -0.39 is 0 Å². The van der Waals surface area contributed by atoms with E-state index in [2.05, 4.69) is 40.1 Å². The maximum atomic E-state index is 9.43. The highest BCUT2D eigenvalue weighted by molar-refractivity contribution is 6.30. The van der Waals surface area contributed by atoms with Gasteiger partial charge in [0.2, 0.25) is 0 Å². The maximum Gasteiger partial charge on any atom is 0.0718 e. The molecule has 0 spiro atoms. The summed E-state index contributed by atoms with van der Waals surface area (Å²) in [5, 5.41) is 11.0. The van der Waals surface area contributed by atoms with Crippen molar-refractivity contribution < 1.29 is 0 Å². The van der Waals surface area contributed by atoms with E-state index in [4.69, 9.17) is 23.2 Å². The Balaban J connectivity index is 1.53. The van der Waals surface area contributed by atoms with E-state index >= 15 is 0 Å². The fourth-order valence-corrected chi connectivity index (χ4v) is 3.61. The lowest BCUT2D eigenvalue weighted by Crippen LogP contribution is -2.50. The SMILES string of the molecule is N#CC1CN(CCc2ccc(Cl)cc2)CN(CCc2ccc(Cl)cc2)C1. The van der Waals surface area contributed by atoms with Crippen molar-refractivity contribution >= 4 is 23.2 Å². The molecule has 0 N–H and O–H groups in total. The van der Waals surface area contributed by atoms with Gasteiger partial charge in [0.15, 0.2) is 0 Å². The molecule has 5 heteroatoms.